The van der Waals surface area contributed by atoms with Crippen molar-refractivity contribution in [3.05, 3.63) is 23.8 Å². The quantitative estimate of drug-likeness (QED) is 0.203. The molecule has 1 aromatic carbocycles. The van der Waals surface area contributed by atoms with E-state index in [1.165, 1.54) is 0 Å². The summed E-state index contributed by atoms with van der Waals surface area (Å²) in [4.78, 5) is 16.3. The number of hydrogen-bond acceptors (Lipinski definition) is 4. The molecule has 0 bridgehead atoms. The lowest BCUT2D eigenvalue weighted by Gasteiger charge is -2.12. The molecule has 0 saturated heterocycles. The third-order valence-electron chi connectivity index (χ3n) is 4.06. The maximum absolute atomic E-state index is 11.7. The van der Waals surface area contributed by atoms with E-state index in [4.69, 9.17) is 9.47 Å². The van der Waals surface area contributed by atoms with E-state index in [1.54, 1.807) is 14.2 Å². The number of methoxy groups -OCH3 is 2. The van der Waals surface area contributed by atoms with Crippen molar-refractivity contribution in [1.82, 2.24) is 16.0 Å². The second-order valence-corrected chi connectivity index (χ2v) is 6.25. The standard InChI is InChI=1S/C19H30N4O3.HI/c1-4-20-19(21-11-5-6-18(24)23-15-8-9-15)22-13-14-7-10-16(25-2)12-17(14)26-3;/h7,10,12,15H,4-6,8-9,11,13H2,1-3H3,(H,23,24)(H2,20,21,22);1H. The fourth-order valence-electron chi connectivity index (χ4n) is 2.47. The number of amides is 1. The van der Waals surface area contributed by atoms with Crippen molar-refractivity contribution in [3.63, 3.8) is 0 Å². The lowest BCUT2D eigenvalue weighted by molar-refractivity contribution is -0.121. The maximum Gasteiger partial charge on any atom is 0.220 e. The van der Waals surface area contributed by atoms with Crippen LogP contribution in [-0.4, -0.2) is 45.2 Å². The summed E-state index contributed by atoms with van der Waals surface area (Å²) >= 11 is 0. The zero-order valence-corrected chi connectivity index (χ0v) is 18.7. The predicted molar refractivity (Wildman–Crippen MR) is 118 cm³/mol. The Balaban J connectivity index is 0.00000364. The van der Waals surface area contributed by atoms with E-state index < -0.39 is 0 Å². The van der Waals surface area contributed by atoms with E-state index in [0.29, 0.717) is 25.6 Å². The molecule has 1 aliphatic rings. The second-order valence-electron chi connectivity index (χ2n) is 6.25. The molecule has 1 aromatic rings. The Morgan fingerprint density at radius 2 is 2.00 bits per heavy atom. The molecule has 0 radical (unpaired) electrons. The molecule has 0 aliphatic heterocycles. The zero-order chi connectivity index (χ0) is 18.8. The van der Waals surface area contributed by atoms with Gasteiger partial charge < -0.3 is 25.4 Å². The van der Waals surface area contributed by atoms with Gasteiger partial charge in [0.15, 0.2) is 5.96 Å². The van der Waals surface area contributed by atoms with Crippen molar-refractivity contribution in [1.29, 1.82) is 0 Å². The minimum Gasteiger partial charge on any atom is -0.497 e. The van der Waals surface area contributed by atoms with Gasteiger partial charge in [-0.3, -0.25) is 4.79 Å². The fourth-order valence-corrected chi connectivity index (χ4v) is 2.47. The largest absolute Gasteiger partial charge is 0.497 e. The van der Waals surface area contributed by atoms with Gasteiger partial charge in [0.2, 0.25) is 5.91 Å². The summed E-state index contributed by atoms with van der Waals surface area (Å²) in [5.74, 6) is 2.37. The Hall–Kier alpha value is -1.71. The monoisotopic (exact) mass is 490 g/mol. The van der Waals surface area contributed by atoms with Gasteiger partial charge in [-0.2, -0.15) is 0 Å². The third kappa shape index (κ3) is 8.68. The molecule has 0 atom stereocenters. The topological polar surface area (TPSA) is 84.0 Å². The molecule has 27 heavy (non-hydrogen) atoms. The van der Waals surface area contributed by atoms with Crippen LogP contribution in [0.3, 0.4) is 0 Å². The van der Waals surface area contributed by atoms with Crippen molar-refractivity contribution in [2.75, 3.05) is 27.3 Å². The van der Waals surface area contributed by atoms with Crippen LogP contribution >= 0.6 is 24.0 Å². The van der Waals surface area contributed by atoms with Crippen LogP contribution in [0.2, 0.25) is 0 Å². The molecule has 1 amide bonds. The minimum absolute atomic E-state index is 0. The molecule has 1 saturated carbocycles. The van der Waals surface area contributed by atoms with Gasteiger partial charge in [0, 0.05) is 37.2 Å². The highest BCUT2D eigenvalue weighted by molar-refractivity contribution is 14.0. The summed E-state index contributed by atoms with van der Waals surface area (Å²) in [6.45, 7) is 3.98. The average Bonchev–Trinajstić information content (AvgIpc) is 3.46. The van der Waals surface area contributed by atoms with E-state index in [9.17, 15) is 4.79 Å². The molecule has 0 heterocycles. The highest BCUT2D eigenvalue weighted by Crippen LogP contribution is 2.25. The van der Waals surface area contributed by atoms with Crippen LogP contribution in [0.5, 0.6) is 11.5 Å². The number of aliphatic imine (C=N–C) groups is 1. The SMILES string of the molecule is CCNC(=NCc1ccc(OC)cc1OC)NCCCC(=O)NC1CC1.I. The first-order chi connectivity index (χ1) is 12.7. The molecule has 152 valence electrons. The Morgan fingerprint density at radius 1 is 1.22 bits per heavy atom. The molecule has 0 unspecified atom stereocenters. The van der Waals surface area contributed by atoms with E-state index >= 15 is 0 Å². The van der Waals surface area contributed by atoms with Gasteiger partial charge in [-0.1, -0.05) is 0 Å². The van der Waals surface area contributed by atoms with Gasteiger partial charge >= 0.3 is 0 Å². The van der Waals surface area contributed by atoms with Crippen molar-refractivity contribution < 1.29 is 14.3 Å². The summed E-state index contributed by atoms with van der Waals surface area (Å²) in [5, 5.41) is 9.48. The van der Waals surface area contributed by atoms with Gasteiger partial charge in [0.05, 0.1) is 20.8 Å². The van der Waals surface area contributed by atoms with Crippen molar-refractivity contribution in [2.45, 2.75) is 45.2 Å². The summed E-state index contributed by atoms with van der Waals surface area (Å²) < 4.78 is 10.6. The Labute approximate surface area is 178 Å². The third-order valence-corrected chi connectivity index (χ3v) is 4.06. The Morgan fingerprint density at radius 3 is 2.63 bits per heavy atom. The first-order valence-corrected chi connectivity index (χ1v) is 9.18. The van der Waals surface area contributed by atoms with E-state index in [2.05, 4.69) is 20.9 Å². The summed E-state index contributed by atoms with van der Waals surface area (Å²) in [5.41, 5.74) is 0.981. The highest BCUT2D eigenvalue weighted by atomic mass is 127. The molecule has 8 heteroatoms. The number of nitrogens with zero attached hydrogens (tertiary/aromatic N) is 1. The first kappa shape index (κ1) is 23.3. The maximum atomic E-state index is 11.7. The number of ether oxygens (including phenoxy) is 2. The molecule has 1 fully saturated rings. The summed E-state index contributed by atoms with van der Waals surface area (Å²) in [6.07, 6.45) is 3.55. The first-order valence-electron chi connectivity index (χ1n) is 9.18. The van der Waals surface area contributed by atoms with Crippen LogP contribution in [0, 0.1) is 0 Å². The number of guanidine groups is 1. The van der Waals surface area contributed by atoms with Gasteiger partial charge in [-0.05, 0) is 38.3 Å². The van der Waals surface area contributed by atoms with E-state index in [-0.39, 0.29) is 29.9 Å². The number of hydrogen-bond donors (Lipinski definition) is 3. The molecule has 7 nitrogen and oxygen atoms in total. The predicted octanol–water partition coefficient (Wildman–Crippen LogP) is 2.44. The number of benzene rings is 1. The normalized spacial score (nSPS) is 13.4. The summed E-state index contributed by atoms with van der Waals surface area (Å²) in [7, 11) is 3.27. The van der Waals surface area contributed by atoms with Crippen LogP contribution in [0.4, 0.5) is 0 Å². The molecule has 0 aromatic heterocycles. The number of carbonyl (C=O) groups excluding carboxylic acids is 1. The minimum atomic E-state index is 0. The van der Waals surface area contributed by atoms with Crippen LogP contribution in [0.25, 0.3) is 0 Å². The second kappa shape index (κ2) is 12.6. The lowest BCUT2D eigenvalue weighted by Crippen LogP contribution is -2.38. The van der Waals surface area contributed by atoms with Crippen molar-refractivity contribution >= 4 is 35.8 Å². The van der Waals surface area contributed by atoms with Crippen molar-refractivity contribution in [2.24, 2.45) is 4.99 Å². The molecule has 1 aliphatic carbocycles. The fraction of sp³-hybridized carbons (Fsp3) is 0.579. The number of carbonyl (C=O) groups is 1. The molecular weight excluding hydrogens is 459 g/mol. The van der Waals surface area contributed by atoms with Gasteiger partial charge in [0.1, 0.15) is 11.5 Å². The number of nitrogens with one attached hydrogen (secondary N) is 3. The van der Waals surface area contributed by atoms with Crippen LogP contribution in [0.15, 0.2) is 23.2 Å². The van der Waals surface area contributed by atoms with Crippen LogP contribution < -0.4 is 25.4 Å². The van der Waals surface area contributed by atoms with Crippen LogP contribution in [0.1, 0.15) is 38.2 Å². The van der Waals surface area contributed by atoms with Crippen LogP contribution in [-0.2, 0) is 11.3 Å². The van der Waals surface area contributed by atoms with Gasteiger partial charge in [-0.15, -0.1) is 24.0 Å². The van der Waals surface area contributed by atoms with Gasteiger partial charge in [-0.25, -0.2) is 4.99 Å². The smallest absolute Gasteiger partial charge is 0.220 e. The van der Waals surface area contributed by atoms with Crippen molar-refractivity contribution in [3.8, 4) is 11.5 Å². The van der Waals surface area contributed by atoms with Gasteiger partial charge in [0.25, 0.3) is 0 Å². The molecule has 3 N–H and O–H groups in total. The number of halogens is 1. The lowest BCUT2D eigenvalue weighted by atomic mass is 10.2. The molecule has 0 spiro atoms. The zero-order valence-electron chi connectivity index (χ0n) is 16.3. The number of rotatable bonds is 10. The molecular formula is C19H31IN4O3. The Bertz CT molecular complexity index is 621. The summed E-state index contributed by atoms with van der Waals surface area (Å²) in [6, 6.07) is 6.12. The Kier molecular flexibility index (Phi) is 10.9. The van der Waals surface area contributed by atoms with E-state index in [1.807, 2.05) is 25.1 Å². The highest BCUT2D eigenvalue weighted by Gasteiger charge is 2.22. The average molecular weight is 490 g/mol. The molecule has 2 rings (SSSR count). The van der Waals surface area contributed by atoms with E-state index in [0.717, 1.165) is 48.8 Å².